The molecule has 2 unspecified atom stereocenters. The highest BCUT2D eigenvalue weighted by Gasteiger charge is 2.23. The molecular weight excluding hydrogens is 311 g/mol. The Bertz CT molecular complexity index is 594. The highest BCUT2D eigenvalue weighted by atomic mass is 32.1. The first kappa shape index (κ1) is 16.6. The molecule has 0 amide bonds. The predicted octanol–water partition coefficient (Wildman–Crippen LogP) is 3.30. The zero-order valence-electron chi connectivity index (χ0n) is 13.4. The zero-order valence-corrected chi connectivity index (χ0v) is 14.2. The second kappa shape index (κ2) is 7.53. The molecule has 1 aromatic carbocycles. The Hall–Kier alpha value is -1.27. The van der Waals surface area contributed by atoms with Crippen molar-refractivity contribution >= 4 is 11.3 Å². The molecule has 2 aromatic rings. The number of halogens is 1. The number of hydrogen-bond acceptors (Lipinski definition) is 4. The number of aliphatic hydroxyl groups excluding tert-OH is 1. The Morgan fingerprint density at radius 3 is 2.39 bits per heavy atom. The molecule has 0 radical (unpaired) electrons. The second-order valence-corrected chi connectivity index (χ2v) is 6.92. The first-order valence-electron chi connectivity index (χ1n) is 8.05. The number of rotatable bonds is 5. The fraction of sp³-hybridized carbons (Fsp3) is 0.444. The molecular formula is C18H23FN2OS. The molecule has 1 aromatic heterocycles. The summed E-state index contributed by atoms with van der Waals surface area (Å²) in [6, 6.07) is 8.77. The molecule has 2 heterocycles. The SMILES string of the molecule is CC(c1ccsc1)N1CCN(CC(O)c2ccc(F)cc2)CC1. The van der Waals surface area contributed by atoms with Gasteiger partial charge in [0, 0.05) is 38.8 Å². The van der Waals surface area contributed by atoms with Crippen LogP contribution >= 0.6 is 11.3 Å². The Morgan fingerprint density at radius 1 is 1.09 bits per heavy atom. The first-order valence-corrected chi connectivity index (χ1v) is 9.00. The van der Waals surface area contributed by atoms with Gasteiger partial charge in [0.2, 0.25) is 0 Å². The summed E-state index contributed by atoms with van der Waals surface area (Å²) in [7, 11) is 0. The van der Waals surface area contributed by atoms with Crippen LogP contribution in [0.3, 0.4) is 0 Å². The maximum Gasteiger partial charge on any atom is 0.123 e. The van der Waals surface area contributed by atoms with Gasteiger partial charge < -0.3 is 5.11 Å². The lowest BCUT2D eigenvalue weighted by Crippen LogP contribution is -2.48. The summed E-state index contributed by atoms with van der Waals surface area (Å²) in [5, 5.41) is 14.7. The van der Waals surface area contributed by atoms with E-state index in [-0.39, 0.29) is 5.82 Å². The summed E-state index contributed by atoms with van der Waals surface area (Å²) in [6.07, 6.45) is -0.559. The second-order valence-electron chi connectivity index (χ2n) is 6.14. The quantitative estimate of drug-likeness (QED) is 0.909. The number of aliphatic hydroxyl groups is 1. The van der Waals surface area contributed by atoms with Crippen LogP contribution in [-0.4, -0.2) is 47.6 Å². The van der Waals surface area contributed by atoms with Crippen molar-refractivity contribution in [2.45, 2.75) is 19.1 Å². The fourth-order valence-corrected chi connectivity index (χ4v) is 3.84. The van der Waals surface area contributed by atoms with Crippen LogP contribution in [0, 0.1) is 5.82 Å². The number of benzene rings is 1. The third kappa shape index (κ3) is 4.18. The molecule has 0 bridgehead atoms. The van der Waals surface area contributed by atoms with Crippen LogP contribution in [0.5, 0.6) is 0 Å². The molecule has 1 saturated heterocycles. The van der Waals surface area contributed by atoms with Crippen LogP contribution < -0.4 is 0 Å². The van der Waals surface area contributed by atoms with Crippen LogP contribution in [-0.2, 0) is 0 Å². The number of thiophene rings is 1. The van der Waals surface area contributed by atoms with Gasteiger partial charge in [-0.25, -0.2) is 4.39 Å². The molecule has 1 aliphatic rings. The van der Waals surface area contributed by atoms with Gasteiger partial charge in [-0.05, 0) is 47.0 Å². The summed E-state index contributed by atoms with van der Waals surface area (Å²) in [5.41, 5.74) is 2.16. The van der Waals surface area contributed by atoms with E-state index in [1.807, 2.05) is 0 Å². The van der Waals surface area contributed by atoms with Gasteiger partial charge in [-0.3, -0.25) is 9.80 Å². The highest BCUT2D eigenvalue weighted by Crippen LogP contribution is 2.24. The summed E-state index contributed by atoms with van der Waals surface area (Å²) in [5.74, 6) is -0.267. The van der Waals surface area contributed by atoms with Crippen molar-refractivity contribution in [1.29, 1.82) is 0 Å². The van der Waals surface area contributed by atoms with E-state index in [2.05, 4.69) is 33.6 Å². The van der Waals surface area contributed by atoms with Gasteiger partial charge in [0.15, 0.2) is 0 Å². The topological polar surface area (TPSA) is 26.7 Å². The van der Waals surface area contributed by atoms with E-state index in [1.165, 1.54) is 17.7 Å². The van der Waals surface area contributed by atoms with Crippen molar-refractivity contribution in [2.75, 3.05) is 32.7 Å². The van der Waals surface area contributed by atoms with Crippen LogP contribution in [0.25, 0.3) is 0 Å². The number of β-amino-alcohol motifs (C(OH)–C–C–N with tert-alkyl or cyclic N) is 1. The summed E-state index contributed by atoms with van der Waals surface area (Å²) < 4.78 is 12.9. The van der Waals surface area contributed by atoms with Gasteiger partial charge in [-0.1, -0.05) is 12.1 Å². The largest absolute Gasteiger partial charge is 0.387 e. The molecule has 0 aliphatic carbocycles. The first-order chi connectivity index (χ1) is 11.1. The van der Waals surface area contributed by atoms with Crippen molar-refractivity contribution in [2.24, 2.45) is 0 Å². The van der Waals surface area contributed by atoms with Gasteiger partial charge >= 0.3 is 0 Å². The molecule has 2 atom stereocenters. The number of piperazine rings is 1. The smallest absolute Gasteiger partial charge is 0.123 e. The van der Waals surface area contributed by atoms with Gasteiger partial charge in [-0.2, -0.15) is 11.3 Å². The summed E-state index contributed by atoms with van der Waals surface area (Å²) in [4.78, 5) is 4.77. The Morgan fingerprint density at radius 2 is 1.78 bits per heavy atom. The monoisotopic (exact) mass is 334 g/mol. The summed E-state index contributed by atoms with van der Waals surface area (Å²) in [6.45, 7) is 6.77. The molecule has 1 N–H and O–H groups in total. The van der Waals surface area contributed by atoms with E-state index in [4.69, 9.17) is 0 Å². The van der Waals surface area contributed by atoms with Gasteiger partial charge in [0.05, 0.1) is 6.10 Å². The van der Waals surface area contributed by atoms with Gasteiger partial charge in [-0.15, -0.1) is 0 Å². The predicted molar refractivity (Wildman–Crippen MR) is 92.1 cm³/mol. The van der Waals surface area contributed by atoms with Crippen LogP contribution in [0.15, 0.2) is 41.1 Å². The lowest BCUT2D eigenvalue weighted by atomic mass is 10.1. The Kier molecular flexibility index (Phi) is 5.43. The minimum atomic E-state index is -0.559. The van der Waals surface area contributed by atoms with Crippen LogP contribution in [0.2, 0.25) is 0 Å². The average Bonchev–Trinajstić information content (AvgIpc) is 3.10. The minimum absolute atomic E-state index is 0.267. The lowest BCUT2D eigenvalue weighted by Gasteiger charge is -2.38. The molecule has 1 fully saturated rings. The van der Waals surface area contributed by atoms with Crippen LogP contribution in [0.1, 0.15) is 30.2 Å². The van der Waals surface area contributed by atoms with Crippen molar-refractivity contribution in [1.82, 2.24) is 9.80 Å². The lowest BCUT2D eigenvalue weighted by molar-refractivity contribution is 0.0590. The van der Waals surface area contributed by atoms with Crippen LogP contribution in [0.4, 0.5) is 4.39 Å². The highest BCUT2D eigenvalue weighted by molar-refractivity contribution is 7.07. The third-order valence-electron chi connectivity index (χ3n) is 4.67. The summed E-state index contributed by atoms with van der Waals surface area (Å²) >= 11 is 1.74. The Labute approximate surface area is 141 Å². The normalized spacial score (nSPS) is 19.6. The van der Waals surface area contributed by atoms with Crippen molar-refractivity contribution in [3.05, 3.63) is 58.0 Å². The molecule has 0 saturated carbocycles. The van der Waals surface area contributed by atoms with Crippen molar-refractivity contribution < 1.29 is 9.50 Å². The van der Waals surface area contributed by atoms with E-state index >= 15 is 0 Å². The molecule has 3 rings (SSSR count). The molecule has 0 spiro atoms. The van der Waals surface area contributed by atoms with E-state index in [9.17, 15) is 9.50 Å². The number of nitrogens with zero attached hydrogens (tertiary/aromatic N) is 2. The zero-order chi connectivity index (χ0) is 16.2. The van der Waals surface area contributed by atoms with E-state index in [1.54, 1.807) is 23.5 Å². The fourth-order valence-electron chi connectivity index (χ4n) is 3.09. The average molecular weight is 334 g/mol. The standard InChI is InChI=1S/C18H23FN2OS/c1-14(16-6-11-23-13-16)21-9-7-20(8-10-21)12-18(22)15-2-4-17(19)5-3-15/h2-6,11,13-14,18,22H,7-10,12H2,1H3. The number of hydrogen-bond donors (Lipinski definition) is 1. The maximum atomic E-state index is 12.9. The van der Waals surface area contributed by atoms with Gasteiger partial charge in [0.25, 0.3) is 0 Å². The van der Waals surface area contributed by atoms with E-state index in [0.717, 1.165) is 31.7 Å². The Balaban J connectivity index is 1.50. The molecule has 5 heteroatoms. The molecule has 1 aliphatic heterocycles. The van der Waals surface area contributed by atoms with E-state index < -0.39 is 6.10 Å². The maximum absolute atomic E-state index is 12.9. The third-order valence-corrected chi connectivity index (χ3v) is 5.37. The van der Waals surface area contributed by atoms with Crippen molar-refractivity contribution in [3.8, 4) is 0 Å². The van der Waals surface area contributed by atoms with Gasteiger partial charge in [0.1, 0.15) is 5.82 Å². The molecule has 23 heavy (non-hydrogen) atoms. The molecule has 124 valence electrons. The minimum Gasteiger partial charge on any atom is -0.387 e. The van der Waals surface area contributed by atoms with Crippen molar-refractivity contribution in [3.63, 3.8) is 0 Å². The molecule has 3 nitrogen and oxygen atoms in total. The van der Waals surface area contributed by atoms with E-state index in [0.29, 0.717) is 12.6 Å².